The lowest BCUT2D eigenvalue weighted by atomic mass is 10.0. The number of pyridine rings is 1. The maximum Gasteiger partial charge on any atom is 0.133 e. The number of fused-ring (bicyclic) bond motifs is 1. The van der Waals surface area contributed by atoms with Crippen LogP contribution in [0.15, 0.2) is 6.07 Å². The first-order chi connectivity index (χ1) is 11.8. The zero-order valence-corrected chi connectivity index (χ0v) is 15.2. The number of methoxy groups -OCH3 is 1. The molecule has 1 aromatic heterocycles. The normalized spacial score (nSPS) is 20.0. The van der Waals surface area contributed by atoms with Gasteiger partial charge >= 0.3 is 0 Å². The van der Waals surface area contributed by atoms with Crippen molar-refractivity contribution in [3.05, 3.63) is 17.3 Å². The van der Waals surface area contributed by atoms with Crippen molar-refractivity contribution in [3.63, 3.8) is 0 Å². The average Bonchev–Trinajstić information content (AvgIpc) is 3.15. The summed E-state index contributed by atoms with van der Waals surface area (Å²) in [5.41, 5.74) is 2.41. The van der Waals surface area contributed by atoms with Gasteiger partial charge < -0.3 is 20.3 Å². The first kappa shape index (κ1) is 17.5. The summed E-state index contributed by atoms with van der Waals surface area (Å²) >= 11 is 0. The lowest BCUT2D eigenvalue weighted by molar-refractivity contribution is 0.251. The zero-order chi connectivity index (χ0) is 16.8. The van der Waals surface area contributed by atoms with Crippen molar-refractivity contribution < 1.29 is 4.74 Å². The fraction of sp³-hybridized carbons (Fsp3) is 0.737. The smallest absolute Gasteiger partial charge is 0.133 e. The molecule has 5 nitrogen and oxygen atoms in total. The van der Waals surface area contributed by atoms with Gasteiger partial charge in [-0.15, -0.1) is 0 Å². The lowest BCUT2D eigenvalue weighted by Crippen LogP contribution is -2.34. The number of unbranched alkanes of at least 4 members (excludes halogenated alkanes) is 2. The second-order valence-corrected chi connectivity index (χ2v) is 7.11. The number of rotatable bonds is 8. The van der Waals surface area contributed by atoms with Crippen molar-refractivity contribution in [1.82, 2.24) is 15.2 Å². The molecule has 0 unspecified atom stereocenters. The Morgan fingerprint density at radius 3 is 3.00 bits per heavy atom. The van der Waals surface area contributed by atoms with Crippen LogP contribution in [0, 0.1) is 0 Å². The molecular weight excluding hydrogens is 300 g/mol. The zero-order valence-electron chi connectivity index (χ0n) is 15.2. The quantitative estimate of drug-likeness (QED) is 0.716. The van der Waals surface area contributed by atoms with E-state index in [0.29, 0.717) is 0 Å². The highest BCUT2D eigenvalue weighted by atomic mass is 16.5. The second-order valence-electron chi connectivity index (χ2n) is 7.11. The van der Waals surface area contributed by atoms with Gasteiger partial charge in [0, 0.05) is 36.5 Å². The van der Waals surface area contributed by atoms with Gasteiger partial charge in [-0.2, -0.15) is 0 Å². The van der Waals surface area contributed by atoms with Crippen LogP contribution >= 0.6 is 0 Å². The fourth-order valence-electron chi connectivity index (χ4n) is 3.81. The molecule has 2 N–H and O–H groups in total. The molecule has 134 valence electrons. The number of nitrogens with one attached hydrogen (secondary N) is 2. The summed E-state index contributed by atoms with van der Waals surface area (Å²) in [6.07, 6.45) is 8.30. The summed E-state index contributed by atoms with van der Waals surface area (Å²) in [5.74, 6) is 2.06. The Morgan fingerprint density at radius 2 is 2.21 bits per heavy atom. The van der Waals surface area contributed by atoms with E-state index in [4.69, 9.17) is 9.72 Å². The predicted octanol–water partition coefficient (Wildman–Crippen LogP) is 2.45. The van der Waals surface area contributed by atoms with Gasteiger partial charge in [-0.25, -0.2) is 4.98 Å². The van der Waals surface area contributed by atoms with Crippen LogP contribution in [0.5, 0.6) is 5.75 Å². The lowest BCUT2D eigenvalue weighted by Gasteiger charge is -2.23. The van der Waals surface area contributed by atoms with Crippen molar-refractivity contribution in [3.8, 4) is 5.75 Å². The van der Waals surface area contributed by atoms with Crippen molar-refractivity contribution in [1.29, 1.82) is 0 Å². The number of anilines is 1. The van der Waals surface area contributed by atoms with Crippen LogP contribution in [0.1, 0.15) is 43.4 Å². The van der Waals surface area contributed by atoms with Crippen molar-refractivity contribution in [2.75, 3.05) is 45.7 Å². The summed E-state index contributed by atoms with van der Waals surface area (Å²) < 4.78 is 5.58. The number of ether oxygens (including phenoxy) is 1. The minimum atomic E-state index is 0.739. The molecule has 1 aromatic rings. The maximum atomic E-state index is 5.58. The molecule has 0 spiro atoms. The Morgan fingerprint density at radius 1 is 1.29 bits per heavy atom. The Kier molecular flexibility index (Phi) is 6.32. The molecule has 3 heterocycles. The molecule has 0 bridgehead atoms. The van der Waals surface area contributed by atoms with Crippen LogP contribution in [0.4, 0.5) is 5.82 Å². The summed E-state index contributed by atoms with van der Waals surface area (Å²) in [5, 5.41) is 6.87. The third-order valence-electron chi connectivity index (χ3n) is 5.35. The van der Waals surface area contributed by atoms with E-state index in [-0.39, 0.29) is 0 Å². The average molecular weight is 332 g/mol. The number of aryl methyl sites for hydroxylation is 1. The maximum absolute atomic E-state index is 5.58. The molecule has 0 aromatic carbocycles. The predicted molar refractivity (Wildman–Crippen MR) is 99.1 cm³/mol. The molecule has 1 atom stereocenters. The molecule has 0 aliphatic carbocycles. The van der Waals surface area contributed by atoms with E-state index in [0.717, 1.165) is 55.7 Å². The molecule has 2 aliphatic rings. The third-order valence-corrected chi connectivity index (χ3v) is 5.35. The highest BCUT2D eigenvalue weighted by molar-refractivity contribution is 5.54. The van der Waals surface area contributed by atoms with Gasteiger partial charge in [0.05, 0.1) is 7.11 Å². The van der Waals surface area contributed by atoms with Gasteiger partial charge in [-0.05, 0) is 58.7 Å². The van der Waals surface area contributed by atoms with Crippen LogP contribution in [0.2, 0.25) is 0 Å². The molecule has 1 fully saturated rings. The molecule has 5 heteroatoms. The van der Waals surface area contributed by atoms with Crippen molar-refractivity contribution >= 4 is 5.82 Å². The van der Waals surface area contributed by atoms with Gasteiger partial charge in [0.25, 0.3) is 0 Å². The molecule has 3 rings (SSSR count). The number of aromatic nitrogens is 1. The Balaban J connectivity index is 1.43. The fourth-order valence-corrected chi connectivity index (χ4v) is 3.81. The number of likely N-dealkylation sites (N-methyl/N-ethyl adjacent to an activating group) is 1. The molecule has 0 radical (unpaired) electrons. The van der Waals surface area contributed by atoms with Gasteiger partial charge in [0.1, 0.15) is 11.6 Å². The van der Waals surface area contributed by atoms with E-state index >= 15 is 0 Å². The molecule has 1 saturated heterocycles. The molecular formula is C19H32N4O. The van der Waals surface area contributed by atoms with Crippen LogP contribution < -0.4 is 15.4 Å². The van der Waals surface area contributed by atoms with E-state index < -0.39 is 0 Å². The van der Waals surface area contributed by atoms with Crippen LogP contribution in [-0.2, 0) is 12.8 Å². The number of hydrogen-bond donors (Lipinski definition) is 2. The highest BCUT2D eigenvalue weighted by Crippen LogP contribution is 2.30. The van der Waals surface area contributed by atoms with Crippen LogP contribution in [0.25, 0.3) is 0 Å². The van der Waals surface area contributed by atoms with Crippen LogP contribution in [0.3, 0.4) is 0 Å². The minimum Gasteiger partial charge on any atom is -0.496 e. The summed E-state index contributed by atoms with van der Waals surface area (Å²) in [6.45, 7) is 4.56. The Hall–Kier alpha value is -1.33. The topological polar surface area (TPSA) is 49.4 Å². The summed E-state index contributed by atoms with van der Waals surface area (Å²) in [4.78, 5) is 7.33. The van der Waals surface area contributed by atoms with Gasteiger partial charge in [-0.3, -0.25) is 0 Å². The largest absolute Gasteiger partial charge is 0.496 e. The van der Waals surface area contributed by atoms with Gasteiger partial charge in [0.2, 0.25) is 0 Å². The van der Waals surface area contributed by atoms with E-state index in [1.165, 1.54) is 44.3 Å². The van der Waals surface area contributed by atoms with Crippen molar-refractivity contribution in [2.45, 2.75) is 51.0 Å². The first-order valence-corrected chi connectivity index (χ1v) is 9.49. The van der Waals surface area contributed by atoms with Crippen LogP contribution in [-0.4, -0.2) is 56.3 Å². The Labute approximate surface area is 146 Å². The van der Waals surface area contributed by atoms with E-state index in [9.17, 15) is 0 Å². The second kappa shape index (κ2) is 8.67. The monoisotopic (exact) mass is 332 g/mol. The molecule has 2 aliphatic heterocycles. The molecule has 0 saturated carbocycles. The SMILES string of the molecule is COc1cc(CCCCCN(C)[C@@H]2CCNC2)nc2c1CCCN2. The minimum absolute atomic E-state index is 0.739. The van der Waals surface area contributed by atoms with Gasteiger partial charge in [0.15, 0.2) is 0 Å². The van der Waals surface area contributed by atoms with Crippen molar-refractivity contribution in [2.24, 2.45) is 0 Å². The number of hydrogen-bond acceptors (Lipinski definition) is 5. The number of nitrogens with zero attached hydrogens (tertiary/aromatic N) is 2. The molecule has 24 heavy (non-hydrogen) atoms. The molecule has 0 amide bonds. The summed E-state index contributed by atoms with van der Waals surface area (Å²) in [7, 11) is 4.03. The first-order valence-electron chi connectivity index (χ1n) is 9.49. The standard InChI is InChI=1S/C19H32N4O/c1-23(16-9-11-20-14-16)12-5-3-4-7-15-13-18(24-2)17-8-6-10-21-19(17)22-15/h13,16,20H,3-12,14H2,1-2H3,(H,21,22)/t16-/m1/s1. The third kappa shape index (κ3) is 4.39. The van der Waals surface area contributed by atoms with E-state index in [1.54, 1.807) is 7.11 Å². The van der Waals surface area contributed by atoms with E-state index in [2.05, 4.69) is 28.6 Å². The highest BCUT2D eigenvalue weighted by Gasteiger charge is 2.18. The van der Waals surface area contributed by atoms with E-state index in [1.807, 2.05) is 0 Å². The summed E-state index contributed by atoms with van der Waals surface area (Å²) in [6, 6.07) is 2.88. The Bertz CT molecular complexity index is 511. The van der Waals surface area contributed by atoms with Gasteiger partial charge in [-0.1, -0.05) is 6.42 Å².